The van der Waals surface area contributed by atoms with Crippen molar-refractivity contribution < 1.29 is 0 Å². The molecular formula is C51H34N2. The van der Waals surface area contributed by atoms with Gasteiger partial charge in [0.25, 0.3) is 0 Å². The van der Waals surface area contributed by atoms with Gasteiger partial charge in [0.1, 0.15) is 0 Å². The lowest BCUT2D eigenvalue weighted by atomic mass is 9.83. The molecule has 0 aliphatic heterocycles. The smallest absolute Gasteiger partial charge is 0.0541 e. The number of rotatable bonds is 4. The number of hydrogen-bond acceptors (Lipinski definition) is 0. The molecule has 0 amide bonds. The van der Waals surface area contributed by atoms with E-state index in [0.29, 0.717) is 0 Å². The molecule has 1 aliphatic carbocycles. The summed E-state index contributed by atoms with van der Waals surface area (Å²) in [5.74, 6) is 0. The van der Waals surface area contributed by atoms with Gasteiger partial charge in [0.2, 0.25) is 0 Å². The van der Waals surface area contributed by atoms with Gasteiger partial charge in [0.15, 0.2) is 0 Å². The Morgan fingerprint density at radius 1 is 0.340 bits per heavy atom. The number of fused-ring (bicyclic) bond motifs is 9. The molecule has 248 valence electrons. The Bertz CT molecular complexity index is 3100. The molecule has 0 spiro atoms. The van der Waals surface area contributed by atoms with Crippen LogP contribution in [0.1, 0.15) is 11.1 Å². The lowest BCUT2D eigenvalue weighted by Gasteiger charge is -2.23. The minimum atomic E-state index is 0.861. The summed E-state index contributed by atoms with van der Waals surface area (Å²) in [7, 11) is 0. The van der Waals surface area contributed by atoms with E-state index in [2.05, 4.69) is 198 Å². The van der Waals surface area contributed by atoms with Gasteiger partial charge in [0.05, 0.1) is 22.1 Å². The van der Waals surface area contributed by atoms with Crippen molar-refractivity contribution in [2.45, 2.75) is 6.42 Å². The lowest BCUT2D eigenvalue weighted by Crippen LogP contribution is -2.04. The summed E-state index contributed by atoms with van der Waals surface area (Å²) in [5, 5.41) is 5.04. The first-order chi connectivity index (χ1) is 26.2. The third-order valence-electron chi connectivity index (χ3n) is 11.2. The van der Waals surface area contributed by atoms with Crippen LogP contribution in [0, 0.1) is 0 Å². The molecule has 11 rings (SSSR count). The summed E-state index contributed by atoms with van der Waals surface area (Å²) >= 11 is 0. The van der Waals surface area contributed by atoms with Gasteiger partial charge >= 0.3 is 0 Å². The molecule has 1 aliphatic rings. The van der Waals surface area contributed by atoms with Gasteiger partial charge < -0.3 is 9.13 Å². The maximum atomic E-state index is 4.44. The molecule has 2 nitrogen and oxygen atoms in total. The molecule has 0 fully saturated rings. The predicted octanol–water partition coefficient (Wildman–Crippen LogP) is 13.5. The molecule has 0 unspecified atom stereocenters. The second kappa shape index (κ2) is 11.6. The lowest BCUT2D eigenvalue weighted by molar-refractivity contribution is 1.15. The number of aromatic nitrogens is 2. The van der Waals surface area contributed by atoms with Crippen molar-refractivity contribution in [2.75, 3.05) is 0 Å². The quantitative estimate of drug-likeness (QED) is 0.176. The molecule has 8 aromatic carbocycles. The fourth-order valence-electron chi connectivity index (χ4n) is 8.80. The highest BCUT2D eigenvalue weighted by atomic mass is 15.0. The van der Waals surface area contributed by atoms with Gasteiger partial charge in [-0.3, -0.25) is 0 Å². The Morgan fingerprint density at radius 3 is 1.53 bits per heavy atom. The number of hydrogen-bond donors (Lipinski definition) is 0. The SMILES string of the molecule is C=C1Cc2cc(-n3c4ccccc4c4cc(-c5cccc(-c6ccc7c(c6)c6ccccc6n7-c6ccccc6)c5)ccc43)ccc2-c2ccccc21. The molecule has 0 bridgehead atoms. The summed E-state index contributed by atoms with van der Waals surface area (Å²) in [6.45, 7) is 4.44. The monoisotopic (exact) mass is 674 g/mol. The van der Waals surface area contributed by atoms with Crippen LogP contribution in [-0.4, -0.2) is 9.13 Å². The summed E-state index contributed by atoms with van der Waals surface area (Å²) in [6.07, 6.45) is 0.861. The molecule has 2 aromatic heterocycles. The predicted molar refractivity (Wildman–Crippen MR) is 224 cm³/mol. The van der Waals surface area contributed by atoms with Crippen molar-refractivity contribution in [2.24, 2.45) is 0 Å². The molecule has 0 radical (unpaired) electrons. The zero-order valence-electron chi connectivity index (χ0n) is 29.1. The van der Waals surface area contributed by atoms with Crippen molar-refractivity contribution in [3.8, 4) is 44.8 Å². The summed E-state index contributed by atoms with van der Waals surface area (Å²) in [4.78, 5) is 0. The normalized spacial score (nSPS) is 12.5. The van der Waals surface area contributed by atoms with Gasteiger partial charge in [-0.05, 0) is 123 Å². The van der Waals surface area contributed by atoms with Crippen LogP contribution in [0.3, 0.4) is 0 Å². The van der Waals surface area contributed by atoms with Crippen LogP contribution < -0.4 is 0 Å². The van der Waals surface area contributed by atoms with Gasteiger partial charge in [-0.2, -0.15) is 0 Å². The molecular weight excluding hydrogens is 641 g/mol. The first kappa shape index (κ1) is 29.8. The van der Waals surface area contributed by atoms with E-state index >= 15 is 0 Å². The van der Waals surface area contributed by atoms with E-state index in [-0.39, 0.29) is 0 Å². The Labute approximate surface area is 308 Å². The average Bonchev–Trinajstić information content (AvgIpc) is 3.73. The van der Waals surface area contributed by atoms with Gasteiger partial charge in [0, 0.05) is 32.9 Å². The molecule has 0 saturated heterocycles. The van der Waals surface area contributed by atoms with Crippen molar-refractivity contribution >= 4 is 49.2 Å². The molecule has 0 N–H and O–H groups in total. The standard InChI is InChI=1S/C51H34N2/c1-33-28-38-30-40(24-25-42(38)43-17-6-5-16-41(33)43)53-49-21-10-8-19-45(49)47-32-37(23-27-51(47)53)35-13-11-12-34(29-35)36-22-26-50-46(31-36)44-18-7-9-20-48(44)52(50)39-14-3-2-4-15-39/h2-27,29-32H,1,28H2. The fraction of sp³-hybridized carbons (Fsp3) is 0.0196. The fourth-order valence-corrected chi connectivity index (χ4v) is 8.80. The van der Waals surface area contributed by atoms with E-state index in [1.165, 1.54) is 105 Å². The largest absolute Gasteiger partial charge is 0.309 e. The second-order valence-electron chi connectivity index (χ2n) is 14.3. The van der Waals surface area contributed by atoms with Crippen molar-refractivity contribution in [3.05, 3.63) is 200 Å². The molecule has 10 aromatic rings. The third-order valence-corrected chi connectivity index (χ3v) is 11.2. The van der Waals surface area contributed by atoms with E-state index < -0.39 is 0 Å². The van der Waals surface area contributed by atoms with Crippen molar-refractivity contribution in [1.29, 1.82) is 0 Å². The molecule has 0 saturated carbocycles. The Morgan fingerprint density at radius 2 is 0.868 bits per heavy atom. The highest BCUT2D eigenvalue weighted by molar-refractivity contribution is 6.12. The number of allylic oxidation sites excluding steroid dienone is 1. The minimum absolute atomic E-state index is 0.861. The number of benzene rings is 8. The van der Waals surface area contributed by atoms with Gasteiger partial charge in [-0.1, -0.05) is 122 Å². The Kier molecular flexibility index (Phi) is 6.50. The van der Waals surface area contributed by atoms with Gasteiger partial charge in [-0.15, -0.1) is 0 Å². The molecule has 0 atom stereocenters. The number of nitrogens with zero attached hydrogens (tertiary/aromatic N) is 2. The average molecular weight is 675 g/mol. The highest BCUT2D eigenvalue weighted by Gasteiger charge is 2.21. The van der Waals surface area contributed by atoms with E-state index in [4.69, 9.17) is 0 Å². The first-order valence-electron chi connectivity index (χ1n) is 18.3. The summed E-state index contributed by atoms with van der Waals surface area (Å²) < 4.78 is 4.80. The second-order valence-corrected chi connectivity index (χ2v) is 14.3. The zero-order valence-corrected chi connectivity index (χ0v) is 29.1. The topological polar surface area (TPSA) is 9.86 Å². The van der Waals surface area contributed by atoms with Crippen molar-refractivity contribution in [3.63, 3.8) is 0 Å². The highest BCUT2D eigenvalue weighted by Crippen LogP contribution is 2.42. The molecule has 2 heterocycles. The Hall–Kier alpha value is -6.90. The van der Waals surface area contributed by atoms with Crippen molar-refractivity contribution in [1.82, 2.24) is 9.13 Å². The van der Waals surface area contributed by atoms with Crippen LogP contribution in [0.4, 0.5) is 0 Å². The van der Waals surface area contributed by atoms with Gasteiger partial charge in [-0.25, -0.2) is 0 Å². The molecule has 53 heavy (non-hydrogen) atoms. The zero-order chi connectivity index (χ0) is 35.0. The van der Waals surface area contributed by atoms with Crippen LogP contribution in [0.15, 0.2) is 189 Å². The van der Waals surface area contributed by atoms with Crippen LogP contribution >= 0.6 is 0 Å². The maximum Gasteiger partial charge on any atom is 0.0541 e. The van der Waals surface area contributed by atoms with E-state index in [9.17, 15) is 0 Å². The third kappa shape index (κ3) is 4.59. The van der Waals surface area contributed by atoms with E-state index in [0.717, 1.165) is 6.42 Å². The van der Waals surface area contributed by atoms with Crippen LogP contribution in [0.5, 0.6) is 0 Å². The maximum absolute atomic E-state index is 4.44. The Balaban J connectivity index is 1.02. The van der Waals surface area contributed by atoms with Crippen LogP contribution in [0.2, 0.25) is 0 Å². The van der Waals surface area contributed by atoms with E-state index in [1.807, 2.05) is 0 Å². The van der Waals surface area contributed by atoms with Crippen LogP contribution in [-0.2, 0) is 6.42 Å². The summed E-state index contributed by atoms with van der Waals surface area (Å²) in [5.41, 5.74) is 18.4. The summed E-state index contributed by atoms with van der Waals surface area (Å²) in [6, 6.07) is 66.6. The molecule has 2 heteroatoms. The van der Waals surface area contributed by atoms with Crippen LogP contribution in [0.25, 0.3) is 93.9 Å². The van der Waals surface area contributed by atoms with E-state index in [1.54, 1.807) is 0 Å². The first-order valence-corrected chi connectivity index (χ1v) is 18.3. The number of para-hydroxylation sites is 3. The minimum Gasteiger partial charge on any atom is -0.309 e.